The second kappa shape index (κ2) is 5.63. The van der Waals surface area contributed by atoms with Crippen LogP contribution in [0.15, 0.2) is 53.4 Å². The van der Waals surface area contributed by atoms with Crippen LogP contribution in [0.1, 0.15) is 26.3 Å². The SMILES string of the molecule is CC(=O)N1CC(C)(C)c2cc(S(=O)(=O)Nc3ccccc3)ccc21. The Kier molecular flexibility index (Phi) is 3.87. The maximum Gasteiger partial charge on any atom is 0.261 e. The number of amides is 1. The number of carbonyl (C=O) groups is 1. The van der Waals surface area contributed by atoms with Gasteiger partial charge in [0.15, 0.2) is 0 Å². The summed E-state index contributed by atoms with van der Waals surface area (Å²) < 4.78 is 27.9. The molecule has 0 saturated carbocycles. The molecule has 0 fully saturated rings. The Balaban J connectivity index is 2.01. The van der Waals surface area contributed by atoms with Crippen molar-refractivity contribution in [1.29, 1.82) is 0 Å². The number of hydrogen-bond donors (Lipinski definition) is 1. The van der Waals surface area contributed by atoms with Gasteiger partial charge in [0.25, 0.3) is 10.0 Å². The van der Waals surface area contributed by atoms with Crippen molar-refractivity contribution in [1.82, 2.24) is 0 Å². The van der Waals surface area contributed by atoms with Gasteiger partial charge in [-0.1, -0.05) is 32.0 Å². The van der Waals surface area contributed by atoms with Crippen LogP contribution in [0.4, 0.5) is 11.4 Å². The molecule has 5 nitrogen and oxygen atoms in total. The molecule has 0 bridgehead atoms. The van der Waals surface area contributed by atoms with Crippen LogP contribution in [0, 0.1) is 0 Å². The highest BCUT2D eigenvalue weighted by Crippen LogP contribution is 2.41. The summed E-state index contributed by atoms with van der Waals surface area (Å²) in [5.41, 5.74) is 1.88. The first-order valence-corrected chi connectivity index (χ1v) is 9.19. The molecule has 6 heteroatoms. The van der Waals surface area contributed by atoms with Crippen molar-refractivity contribution >= 4 is 27.3 Å². The normalized spacial score (nSPS) is 15.9. The number of fused-ring (bicyclic) bond motifs is 1. The van der Waals surface area contributed by atoms with Crippen molar-refractivity contribution in [3.8, 4) is 0 Å². The van der Waals surface area contributed by atoms with Crippen LogP contribution in [0.25, 0.3) is 0 Å². The summed E-state index contributed by atoms with van der Waals surface area (Å²) >= 11 is 0. The van der Waals surface area contributed by atoms with E-state index in [1.807, 2.05) is 19.9 Å². The Labute approximate surface area is 142 Å². The molecule has 0 atom stereocenters. The van der Waals surface area contributed by atoms with E-state index in [0.29, 0.717) is 12.2 Å². The topological polar surface area (TPSA) is 66.5 Å². The van der Waals surface area contributed by atoms with E-state index in [1.165, 1.54) is 6.92 Å². The molecular weight excluding hydrogens is 324 g/mol. The number of hydrogen-bond acceptors (Lipinski definition) is 3. The van der Waals surface area contributed by atoms with E-state index in [1.54, 1.807) is 47.4 Å². The minimum Gasteiger partial charge on any atom is -0.311 e. The molecule has 2 aromatic carbocycles. The van der Waals surface area contributed by atoms with Gasteiger partial charge in [-0.05, 0) is 35.9 Å². The second-order valence-electron chi connectivity index (χ2n) is 6.64. The minimum atomic E-state index is -3.68. The minimum absolute atomic E-state index is 0.0418. The lowest BCUT2D eigenvalue weighted by Crippen LogP contribution is -2.31. The Morgan fingerprint density at radius 2 is 1.79 bits per heavy atom. The van der Waals surface area contributed by atoms with Gasteiger partial charge in [0.2, 0.25) is 5.91 Å². The summed E-state index contributed by atoms with van der Waals surface area (Å²) in [5.74, 6) is -0.0418. The maximum absolute atomic E-state index is 12.6. The molecule has 0 unspecified atom stereocenters. The van der Waals surface area contributed by atoms with Crippen molar-refractivity contribution in [3.05, 3.63) is 54.1 Å². The van der Waals surface area contributed by atoms with Crippen molar-refractivity contribution in [2.24, 2.45) is 0 Å². The molecule has 1 N–H and O–H groups in total. The van der Waals surface area contributed by atoms with Gasteiger partial charge in [-0.3, -0.25) is 9.52 Å². The third-order valence-corrected chi connectivity index (χ3v) is 5.64. The van der Waals surface area contributed by atoms with E-state index in [4.69, 9.17) is 0 Å². The molecule has 0 saturated heterocycles. The fraction of sp³-hybridized carbons (Fsp3) is 0.278. The Bertz CT molecular complexity index is 890. The Morgan fingerprint density at radius 3 is 2.42 bits per heavy atom. The highest BCUT2D eigenvalue weighted by molar-refractivity contribution is 7.92. The van der Waals surface area contributed by atoms with Crippen LogP contribution in [-0.4, -0.2) is 20.9 Å². The first-order valence-electron chi connectivity index (χ1n) is 7.71. The van der Waals surface area contributed by atoms with E-state index in [2.05, 4.69) is 4.72 Å². The average molecular weight is 344 g/mol. The highest BCUT2D eigenvalue weighted by Gasteiger charge is 2.37. The van der Waals surface area contributed by atoms with Crippen molar-refractivity contribution < 1.29 is 13.2 Å². The number of rotatable bonds is 3. The van der Waals surface area contributed by atoms with Crippen LogP contribution in [0.3, 0.4) is 0 Å². The van der Waals surface area contributed by atoms with Gasteiger partial charge in [0.1, 0.15) is 0 Å². The molecule has 126 valence electrons. The number of benzene rings is 2. The quantitative estimate of drug-likeness (QED) is 0.930. The molecule has 3 rings (SSSR count). The van der Waals surface area contributed by atoms with Crippen LogP contribution in [-0.2, 0) is 20.2 Å². The number of nitrogens with zero attached hydrogens (tertiary/aromatic N) is 1. The third-order valence-electron chi connectivity index (χ3n) is 4.26. The van der Waals surface area contributed by atoms with Gasteiger partial charge in [0, 0.05) is 30.3 Å². The Morgan fingerprint density at radius 1 is 1.12 bits per heavy atom. The standard InChI is InChI=1S/C18H20N2O3S/c1-13(21)20-12-18(2,3)16-11-15(9-10-17(16)20)24(22,23)19-14-7-5-4-6-8-14/h4-11,19H,12H2,1-3H3. The number of carbonyl (C=O) groups excluding carboxylic acids is 1. The summed E-state index contributed by atoms with van der Waals surface area (Å²) in [7, 11) is -3.68. The van der Waals surface area contributed by atoms with Crippen molar-refractivity contribution in [2.45, 2.75) is 31.1 Å². The van der Waals surface area contributed by atoms with Crippen molar-refractivity contribution in [3.63, 3.8) is 0 Å². The monoisotopic (exact) mass is 344 g/mol. The van der Waals surface area contributed by atoms with Crippen LogP contribution < -0.4 is 9.62 Å². The molecule has 1 aliphatic rings. The Hall–Kier alpha value is -2.34. The van der Waals surface area contributed by atoms with Gasteiger partial charge in [0.05, 0.1) is 4.90 Å². The van der Waals surface area contributed by atoms with Crippen LogP contribution >= 0.6 is 0 Å². The molecule has 0 aromatic heterocycles. The first kappa shape index (κ1) is 16.5. The molecule has 0 radical (unpaired) electrons. The zero-order valence-electron chi connectivity index (χ0n) is 13.9. The summed E-state index contributed by atoms with van der Waals surface area (Å²) in [6.07, 6.45) is 0. The first-order chi connectivity index (χ1) is 11.2. The zero-order chi connectivity index (χ0) is 17.5. The third kappa shape index (κ3) is 2.89. The van der Waals surface area contributed by atoms with Gasteiger partial charge >= 0.3 is 0 Å². The predicted molar refractivity (Wildman–Crippen MR) is 94.7 cm³/mol. The van der Waals surface area contributed by atoms with Gasteiger partial charge in [-0.15, -0.1) is 0 Å². The predicted octanol–water partition coefficient (Wildman–Crippen LogP) is 3.13. The number of para-hydroxylation sites is 1. The molecular formula is C18H20N2O3S. The summed E-state index contributed by atoms with van der Waals surface area (Å²) in [6.45, 7) is 6.09. The average Bonchev–Trinajstić information content (AvgIpc) is 2.79. The lowest BCUT2D eigenvalue weighted by molar-refractivity contribution is -0.116. The lowest BCUT2D eigenvalue weighted by atomic mass is 9.87. The fourth-order valence-electron chi connectivity index (χ4n) is 3.03. The molecule has 1 amide bonds. The summed E-state index contributed by atoms with van der Waals surface area (Å²) in [6, 6.07) is 13.7. The van der Waals surface area contributed by atoms with E-state index < -0.39 is 10.0 Å². The number of nitrogens with one attached hydrogen (secondary N) is 1. The van der Waals surface area contributed by atoms with Gasteiger partial charge < -0.3 is 4.90 Å². The zero-order valence-corrected chi connectivity index (χ0v) is 14.7. The maximum atomic E-state index is 12.6. The van der Waals surface area contributed by atoms with Crippen molar-refractivity contribution in [2.75, 3.05) is 16.2 Å². The lowest BCUT2D eigenvalue weighted by Gasteiger charge is -2.19. The van der Waals surface area contributed by atoms with Gasteiger partial charge in [-0.2, -0.15) is 0 Å². The molecule has 0 spiro atoms. The van der Waals surface area contributed by atoms with E-state index in [9.17, 15) is 13.2 Å². The molecule has 24 heavy (non-hydrogen) atoms. The molecule has 2 aromatic rings. The van der Waals surface area contributed by atoms with E-state index in [0.717, 1.165) is 11.3 Å². The smallest absolute Gasteiger partial charge is 0.261 e. The van der Waals surface area contributed by atoms with Crippen LogP contribution in [0.5, 0.6) is 0 Å². The summed E-state index contributed by atoms with van der Waals surface area (Å²) in [4.78, 5) is 13.7. The number of sulfonamides is 1. The summed E-state index contributed by atoms with van der Waals surface area (Å²) in [5, 5.41) is 0. The second-order valence-corrected chi connectivity index (χ2v) is 8.32. The van der Waals surface area contributed by atoms with Gasteiger partial charge in [-0.25, -0.2) is 8.42 Å². The largest absolute Gasteiger partial charge is 0.311 e. The fourth-order valence-corrected chi connectivity index (χ4v) is 4.11. The molecule has 1 aliphatic heterocycles. The number of anilines is 2. The van der Waals surface area contributed by atoms with E-state index >= 15 is 0 Å². The highest BCUT2D eigenvalue weighted by atomic mass is 32.2. The molecule has 1 heterocycles. The molecule has 0 aliphatic carbocycles. The van der Waals surface area contributed by atoms with Crippen LogP contribution in [0.2, 0.25) is 0 Å². The van der Waals surface area contributed by atoms with E-state index in [-0.39, 0.29) is 16.2 Å².